The predicted molar refractivity (Wildman–Crippen MR) is 151 cm³/mol. The van der Waals surface area contributed by atoms with Gasteiger partial charge in [0.25, 0.3) is 5.79 Å². The van der Waals surface area contributed by atoms with Gasteiger partial charge in [-0.3, -0.25) is 14.6 Å². The second-order valence-corrected chi connectivity index (χ2v) is 12.3. The first-order valence-corrected chi connectivity index (χ1v) is 14.4. The number of carbonyl (C=O) groups is 3. The molecule has 3 heterocycles. The van der Waals surface area contributed by atoms with Crippen LogP contribution in [0.15, 0.2) is 47.6 Å². The number of benzene rings is 2. The summed E-state index contributed by atoms with van der Waals surface area (Å²) in [7, 11) is 3.01. The molecule has 0 unspecified atom stereocenters. The van der Waals surface area contributed by atoms with Crippen molar-refractivity contribution >= 4 is 24.1 Å². The van der Waals surface area contributed by atoms with Gasteiger partial charge in [0.05, 0.1) is 20.4 Å². The molecule has 222 valence electrons. The summed E-state index contributed by atoms with van der Waals surface area (Å²) in [4.78, 5) is 43.5. The molecule has 4 aliphatic rings. The van der Waals surface area contributed by atoms with Crippen molar-refractivity contribution in [3.63, 3.8) is 0 Å². The van der Waals surface area contributed by atoms with Crippen LogP contribution in [0.5, 0.6) is 11.5 Å². The van der Waals surface area contributed by atoms with E-state index in [0.717, 1.165) is 24.8 Å². The SMILES string of the molecule is COc1ccc([C@@H]2[C@@H](C(=O)OC(C)(C)C)N3N=Cc4ccccc4[C@H]3C23C(=O)OC2(CCCCC2)OC3=O)cc1OC. The summed E-state index contributed by atoms with van der Waals surface area (Å²) in [6.45, 7) is 5.30. The molecular formula is C32H36N2O8. The molecule has 3 atom stereocenters. The summed E-state index contributed by atoms with van der Waals surface area (Å²) in [6, 6.07) is 10.3. The first kappa shape index (κ1) is 28.1. The topological polar surface area (TPSA) is 113 Å². The van der Waals surface area contributed by atoms with Gasteiger partial charge in [0.2, 0.25) is 5.41 Å². The number of methoxy groups -OCH3 is 2. The molecule has 1 aliphatic carbocycles. The van der Waals surface area contributed by atoms with E-state index in [0.29, 0.717) is 35.5 Å². The Kier molecular flexibility index (Phi) is 6.70. The molecule has 0 N–H and O–H groups in total. The van der Waals surface area contributed by atoms with E-state index in [1.165, 1.54) is 19.2 Å². The maximum absolute atomic E-state index is 14.7. The fraction of sp³-hybridized carbons (Fsp3) is 0.500. The van der Waals surface area contributed by atoms with Crippen LogP contribution in [0.1, 0.15) is 81.5 Å². The third-order valence-corrected chi connectivity index (χ3v) is 8.67. The Morgan fingerprint density at radius 3 is 2.26 bits per heavy atom. The van der Waals surface area contributed by atoms with Crippen molar-refractivity contribution in [1.29, 1.82) is 0 Å². The Hall–Kier alpha value is -4.08. The molecule has 2 aromatic carbocycles. The van der Waals surface area contributed by atoms with E-state index >= 15 is 0 Å². The minimum absolute atomic E-state index is 0.378. The van der Waals surface area contributed by atoms with E-state index in [4.69, 9.17) is 23.7 Å². The van der Waals surface area contributed by atoms with Gasteiger partial charge in [-0.1, -0.05) is 36.8 Å². The maximum atomic E-state index is 14.7. The quantitative estimate of drug-likeness (QED) is 0.379. The predicted octanol–water partition coefficient (Wildman–Crippen LogP) is 4.65. The summed E-state index contributed by atoms with van der Waals surface area (Å²) >= 11 is 0. The number of hydrazone groups is 1. The summed E-state index contributed by atoms with van der Waals surface area (Å²) in [6.07, 6.45) is 5.01. The standard InChI is InChI=1S/C32H36N2O8/c1-30(2,3)40-27(35)25-24(19-13-14-22(38-4)23(17-19)39-5)32(26-21-12-8-7-11-20(21)18-33-34(25)26)28(36)41-31(42-29(32)37)15-9-6-10-16-31/h7-8,11-14,17-18,24-26H,6,9-10,15-16H2,1-5H3/t24-,25+,26+/m1/s1. The molecule has 2 aromatic rings. The molecule has 1 saturated carbocycles. The Morgan fingerprint density at radius 1 is 0.952 bits per heavy atom. The number of hydrogen-bond donors (Lipinski definition) is 0. The number of ether oxygens (including phenoxy) is 5. The minimum Gasteiger partial charge on any atom is -0.493 e. The van der Waals surface area contributed by atoms with E-state index in [9.17, 15) is 14.4 Å². The molecule has 42 heavy (non-hydrogen) atoms. The average molecular weight is 577 g/mol. The van der Waals surface area contributed by atoms with Crippen LogP contribution < -0.4 is 9.47 Å². The number of hydrogen-bond acceptors (Lipinski definition) is 10. The van der Waals surface area contributed by atoms with Crippen LogP contribution >= 0.6 is 0 Å². The third kappa shape index (κ3) is 4.22. The average Bonchev–Trinajstić information content (AvgIpc) is 3.28. The normalized spacial score (nSPS) is 25.4. The second kappa shape index (κ2) is 10.0. The van der Waals surface area contributed by atoms with Gasteiger partial charge in [0.15, 0.2) is 17.5 Å². The van der Waals surface area contributed by atoms with E-state index in [1.807, 2.05) is 24.3 Å². The number of rotatable bonds is 4. The molecular weight excluding hydrogens is 540 g/mol. The summed E-state index contributed by atoms with van der Waals surface area (Å²) in [5, 5.41) is 6.20. The molecule has 10 heteroatoms. The van der Waals surface area contributed by atoms with Crippen molar-refractivity contribution in [2.45, 2.75) is 82.3 Å². The number of carbonyl (C=O) groups excluding carboxylic acids is 3. The monoisotopic (exact) mass is 576 g/mol. The molecule has 0 aromatic heterocycles. The largest absolute Gasteiger partial charge is 0.493 e. The van der Waals surface area contributed by atoms with Gasteiger partial charge in [0, 0.05) is 18.8 Å². The van der Waals surface area contributed by atoms with Crippen LogP contribution in [0.3, 0.4) is 0 Å². The minimum atomic E-state index is -1.97. The maximum Gasteiger partial charge on any atom is 0.331 e. The van der Waals surface area contributed by atoms with Crippen molar-refractivity contribution in [3.8, 4) is 11.5 Å². The van der Waals surface area contributed by atoms with Gasteiger partial charge in [-0.2, -0.15) is 5.10 Å². The number of nitrogens with zero attached hydrogens (tertiary/aromatic N) is 2. The Labute approximate surface area is 244 Å². The van der Waals surface area contributed by atoms with E-state index < -0.39 is 52.7 Å². The van der Waals surface area contributed by atoms with Crippen LogP contribution in [0, 0.1) is 5.41 Å². The lowest BCUT2D eigenvalue weighted by molar-refractivity contribution is -0.273. The van der Waals surface area contributed by atoms with Gasteiger partial charge >= 0.3 is 17.9 Å². The zero-order valence-electron chi connectivity index (χ0n) is 24.5. The first-order valence-electron chi connectivity index (χ1n) is 14.4. The van der Waals surface area contributed by atoms with Crippen molar-refractivity contribution in [2.24, 2.45) is 10.5 Å². The van der Waals surface area contributed by atoms with Crippen LogP contribution in [0.2, 0.25) is 0 Å². The summed E-state index contributed by atoms with van der Waals surface area (Å²) < 4.78 is 29.4. The molecule has 2 saturated heterocycles. The van der Waals surface area contributed by atoms with Crippen molar-refractivity contribution in [3.05, 3.63) is 59.2 Å². The van der Waals surface area contributed by atoms with E-state index in [2.05, 4.69) is 5.10 Å². The highest BCUT2D eigenvalue weighted by atomic mass is 16.7. The first-order chi connectivity index (χ1) is 20.0. The number of fused-ring (bicyclic) bond motifs is 4. The van der Waals surface area contributed by atoms with Crippen molar-refractivity contribution in [2.75, 3.05) is 14.2 Å². The molecule has 6 rings (SSSR count). The lowest BCUT2D eigenvalue weighted by Crippen LogP contribution is -2.60. The zero-order valence-corrected chi connectivity index (χ0v) is 24.5. The Balaban J connectivity index is 1.61. The highest BCUT2D eigenvalue weighted by Gasteiger charge is 2.76. The molecule has 0 radical (unpaired) electrons. The van der Waals surface area contributed by atoms with Gasteiger partial charge in [0.1, 0.15) is 11.6 Å². The highest BCUT2D eigenvalue weighted by molar-refractivity contribution is 6.06. The zero-order chi connectivity index (χ0) is 29.9. The van der Waals surface area contributed by atoms with Gasteiger partial charge in [-0.05, 0) is 62.4 Å². The molecule has 0 amide bonds. The smallest absolute Gasteiger partial charge is 0.331 e. The second-order valence-electron chi connectivity index (χ2n) is 12.3. The fourth-order valence-corrected chi connectivity index (χ4v) is 6.95. The highest BCUT2D eigenvalue weighted by Crippen LogP contribution is 2.63. The van der Waals surface area contributed by atoms with E-state index in [-0.39, 0.29) is 0 Å². The van der Waals surface area contributed by atoms with Crippen LogP contribution in [-0.4, -0.2) is 60.8 Å². The molecule has 2 spiro atoms. The molecule has 3 aliphatic heterocycles. The van der Waals surface area contributed by atoms with Crippen LogP contribution in [0.25, 0.3) is 0 Å². The Bertz CT molecular complexity index is 1430. The van der Waals surface area contributed by atoms with Crippen molar-refractivity contribution in [1.82, 2.24) is 5.01 Å². The number of esters is 3. The lowest BCUT2D eigenvalue weighted by atomic mass is 9.65. The Morgan fingerprint density at radius 2 is 1.62 bits per heavy atom. The van der Waals surface area contributed by atoms with Crippen molar-refractivity contribution < 1.29 is 38.1 Å². The fourth-order valence-electron chi connectivity index (χ4n) is 6.95. The van der Waals surface area contributed by atoms with Crippen LogP contribution in [0.4, 0.5) is 0 Å². The van der Waals surface area contributed by atoms with E-state index in [1.54, 1.807) is 45.2 Å². The molecule has 10 nitrogen and oxygen atoms in total. The molecule has 3 fully saturated rings. The van der Waals surface area contributed by atoms with Gasteiger partial charge < -0.3 is 23.7 Å². The molecule has 0 bridgehead atoms. The lowest BCUT2D eigenvalue weighted by Gasteiger charge is -2.47. The third-order valence-electron chi connectivity index (χ3n) is 8.67. The summed E-state index contributed by atoms with van der Waals surface area (Å²) in [5.74, 6) is -3.66. The van der Waals surface area contributed by atoms with Gasteiger partial charge in [-0.25, -0.2) is 4.79 Å². The van der Waals surface area contributed by atoms with Crippen LogP contribution in [-0.2, 0) is 28.6 Å². The van der Waals surface area contributed by atoms with Gasteiger partial charge in [-0.15, -0.1) is 0 Å². The summed E-state index contributed by atoms with van der Waals surface area (Å²) in [5.41, 5.74) is -0.941.